The standard InChI is InChI=1S/C70H46N6O/c1-40-18-13-26-48-44-22-5-9-31-55(44)73(63(40)48)67-54(38-71)68(74-56-32-10-6-23-45(56)49-27-14-19-41(2)64(49)74)70(76-58-34-12-8-25-47(58)51-29-16-21-43(4)66(51)76)62(53-30-17-35-59-61(53)52-36-37-72-39-60(52)77-59)69(67)75-57-33-11-7-24-46(57)50-28-15-20-42(3)65(50)75/h5-37,39H,1-4H3. The first-order valence-electron chi connectivity index (χ1n) is 26.3. The summed E-state index contributed by atoms with van der Waals surface area (Å²) in [7, 11) is 0. The van der Waals surface area contributed by atoms with Gasteiger partial charge in [0.2, 0.25) is 0 Å². The van der Waals surface area contributed by atoms with E-state index in [1.165, 1.54) is 0 Å². The summed E-state index contributed by atoms with van der Waals surface area (Å²) in [6.45, 7) is 8.84. The third-order valence-corrected chi connectivity index (χ3v) is 16.6. The summed E-state index contributed by atoms with van der Waals surface area (Å²) in [6, 6.07) is 73.1. The lowest BCUT2D eigenvalue weighted by Gasteiger charge is -2.30. The van der Waals surface area contributed by atoms with Crippen LogP contribution in [-0.4, -0.2) is 23.3 Å². The second-order valence-electron chi connectivity index (χ2n) is 20.7. The zero-order chi connectivity index (χ0) is 51.4. The van der Waals surface area contributed by atoms with Crippen LogP contribution in [0.3, 0.4) is 0 Å². The van der Waals surface area contributed by atoms with Gasteiger partial charge < -0.3 is 22.7 Å². The summed E-state index contributed by atoms with van der Waals surface area (Å²) >= 11 is 0. The Hall–Kier alpha value is -10.2. The highest BCUT2D eigenvalue weighted by Crippen LogP contribution is 2.54. The number of furan rings is 1. The predicted octanol–water partition coefficient (Wildman–Crippen LogP) is 18.1. The fraction of sp³-hybridized carbons (Fsp3) is 0.0571. The topological polar surface area (TPSA) is 69.5 Å². The lowest BCUT2D eigenvalue weighted by molar-refractivity contribution is 0.667. The molecule has 0 saturated carbocycles. The number of aryl methyl sites for hydroxylation is 4. The first kappa shape index (κ1) is 43.3. The van der Waals surface area contributed by atoms with Crippen molar-refractivity contribution in [3.05, 3.63) is 234 Å². The number of para-hydroxylation sites is 8. The van der Waals surface area contributed by atoms with Gasteiger partial charge in [0.15, 0.2) is 5.58 Å². The Balaban J connectivity index is 1.33. The lowest BCUT2D eigenvalue weighted by Crippen LogP contribution is -2.17. The second kappa shape index (κ2) is 15.9. The molecule has 362 valence electrons. The molecule has 0 N–H and O–H groups in total. The Labute approximate surface area is 441 Å². The van der Waals surface area contributed by atoms with Crippen LogP contribution in [0.2, 0.25) is 0 Å². The van der Waals surface area contributed by atoms with E-state index < -0.39 is 0 Å². The summed E-state index contributed by atoms with van der Waals surface area (Å²) in [6.07, 6.45) is 3.69. The third kappa shape index (κ3) is 5.71. The molecule has 0 aliphatic carbocycles. The Morgan fingerprint density at radius 3 is 1.13 bits per heavy atom. The normalized spacial score (nSPS) is 12.1. The van der Waals surface area contributed by atoms with Crippen molar-refractivity contribution in [2.75, 3.05) is 0 Å². The molecule has 0 spiro atoms. The van der Waals surface area contributed by atoms with Gasteiger partial charge in [-0.25, -0.2) is 0 Å². The van der Waals surface area contributed by atoms with Crippen molar-refractivity contribution >= 4 is 109 Å². The molecule has 0 aliphatic rings. The van der Waals surface area contributed by atoms with Crippen LogP contribution >= 0.6 is 0 Å². The fourth-order valence-electron chi connectivity index (χ4n) is 13.5. The maximum atomic E-state index is 13.1. The summed E-state index contributed by atoms with van der Waals surface area (Å²) in [5.74, 6) is 0. The van der Waals surface area contributed by atoms with E-state index in [1.807, 2.05) is 12.4 Å². The minimum atomic E-state index is 0.531. The van der Waals surface area contributed by atoms with Gasteiger partial charge in [-0.05, 0) is 91.9 Å². The van der Waals surface area contributed by atoms with Crippen LogP contribution in [0, 0.1) is 39.0 Å². The molecule has 0 fully saturated rings. The molecule has 77 heavy (non-hydrogen) atoms. The second-order valence-corrected chi connectivity index (χ2v) is 20.7. The smallest absolute Gasteiger partial charge is 0.153 e. The van der Waals surface area contributed by atoms with Gasteiger partial charge in [-0.2, -0.15) is 5.26 Å². The third-order valence-electron chi connectivity index (χ3n) is 16.6. The molecule has 6 heterocycles. The molecule has 7 nitrogen and oxygen atoms in total. The SMILES string of the molecule is Cc1cccc2c3ccccc3n(-c3c(C#N)c(-n4c5ccccc5c5cccc(C)c54)c(-n4c5ccccc5c5cccc(C)c54)c(-c4cccc5oc6cnccc6c45)c3-n3c4ccccc4c4cccc(C)c43)c12. The van der Waals surface area contributed by atoms with Gasteiger partial charge in [0.1, 0.15) is 17.2 Å². The molecular weight excluding hydrogens is 941 g/mol. The van der Waals surface area contributed by atoms with E-state index in [2.05, 4.69) is 251 Å². The molecule has 0 atom stereocenters. The zero-order valence-corrected chi connectivity index (χ0v) is 42.7. The number of nitriles is 1. The van der Waals surface area contributed by atoms with Gasteiger partial charge in [-0.15, -0.1) is 0 Å². The maximum Gasteiger partial charge on any atom is 0.153 e. The number of pyridine rings is 1. The Morgan fingerprint density at radius 2 is 0.727 bits per heavy atom. The van der Waals surface area contributed by atoms with Crippen molar-refractivity contribution in [2.24, 2.45) is 0 Å². The highest BCUT2D eigenvalue weighted by molar-refractivity contribution is 6.21. The van der Waals surface area contributed by atoms with Crippen molar-refractivity contribution < 1.29 is 4.42 Å². The van der Waals surface area contributed by atoms with Gasteiger partial charge in [-0.3, -0.25) is 4.98 Å². The number of hydrogen-bond acceptors (Lipinski definition) is 3. The molecule has 16 rings (SSSR count). The number of fused-ring (bicyclic) bond motifs is 15. The van der Waals surface area contributed by atoms with Crippen LogP contribution in [0.5, 0.6) is 0 Å². The molecular formula is C70H46N6O. The van der Waals surface area contributed by atoms with Crippen LogP contribution in [0.25, 0.3) is 143 Å². The Bertz CT molecular complexity index is 5030. The van der Waals surface area contributed by atoms with Gasteiger partial charge in [0.25, 0.3) is 0 Å². The molecule has 0 saturated heterocycles. The number of hydrogen-bond donors (Lipinski definition) is 0. The highest BCUT2D eigenvalue weighted by atomic mass is 16.3. The molecule has 0 radical (unpaired) electrons. The molecule has 0 bridgehead atoms. The first-order valence-corrected chi connectivity index (χ1v) is 26.3. The van der Waals surface area contributed by atoms with E-state index >= 15 is 0 Å². The van der Waals surface area contributed by atoms with Crippen molar-refractivity contribution in [3.8, 4) is 39.9 Å². The number of rotatable bonds is 5. The van der Waals surface area contributed by atoms with E-state index in [1.54, 1.807) is 0 Å². The molecule has 0 aliphatic heterocycles. The van der Waals surface area contributed by atoms with E-state index in [0.29, 0.717) is 11.1 Å². The first-order chi connectivity index (χ1) is 37.9. The van der Waals surface area contributed by atoms with Crippen molar-refractivity contribution in [1.82, 2.24) is 23.3 Å². The van der Waals surface area contributed by atoms with Crippen LogP contribution < -0.4 is 0 Å². The quantitative estimate of drug-likeness (QED) is 0.172. The zero-order valence-electron chi connectivity index (χ0n) is 42.7. The van der Waals surface area contributed by atoms with E-state index in [4.69, 9.17) is 4.42 Å². The molecule has 7 heteroatoms. The van der Waals surface area contributed by atoms with Crippen LogP contribution in [0.1, 0.15) is 27.8 Å². The largest absolute Gasteiger partial charge is 0.454 e. The highest BCUT2D eigenvalue weighted by Gasteiger charge is 2.36. The van der Waals surface area contributed by atoms with Gasteiger partial charge in [-0.1, -0.05) is 158 Å². The Morgan fingerprint density at radius 1 is 0.364 bits per heavy atom. The van der Waals surface area contributed by atoms with Crippen LogP contribution in [-0.2, 0) is 0 Å². The molecule has 0 amide bonds. The molecule has 16 aromatic rings. The van der Waals surface area contributed by atoms with E-state index in [9.17, 15) is 5.26 Å². The molecule has 6 aromatic heterocycles. The van der Waals surface area contributed by atoms with Gasteiger partial charge in [0, 0.05) is 65.6 Å². The average molecular weight is 987 g/mol. The summed E-state index contributed by atoms with van der Waals surface area (Å²) in [5.41, 5.74) is 19.9. The maximum absolute atomic E-state index is 13.1. The summed E-state index contributed by atoms with van der Waals surface area (Å²) in [4.78, 5) is 4.59. The van der Waals surface area contributed by atoms with E-state index in [-0.39, 0.29) is 0 Å². The minimum Gasteiger partial charge on any atom is -0.454 e. The summed E-state index contributed by atoms with van der Waals surface area (Å²) < 4.78 is 16.7. The number of benzene rings is 10. The minimum absolute atomic E-state index is 0.531. The van der Waals surface area contributed by atoms with Crippen molar-refractivity contribution in [2.45, 2.75) is 27.7 Å². The molecule has 0 unspecified atom stereocenters. The number of aromatic nitrogens is 5. The summed E-state index contributed by atoms with van der Waals surface area (Å²) in [5, 5.41) is 23.9. The monoisotopic (exact) mass is 986 g/mol. The number of nitrogens with zero attached hydrogens (tertiary/aromatic N) is 6. The Kier molecular flexibility index (Phi) is 8.95. The van der Waals surface area contributed by atoms with E-state index in [0.717, 1.165) is 160 Å². The fourth-order valence-corrected chi connectivity index (χ4v) is 13.5. The van der Waals surface area contributed by atoms with Crippen molar-refractivity contribution in [3.63, 3.8) is 0 Å². The van der Waals surface area contributed by atoms with Crippen LogP contribution in [0.15, 0.2) is 211 Å². The van der Waals surface area contributed by atoms with Crippen molar-refractivity contribution in [1.29, 1.82) is 5.26 Å². The predicted molar refractivity (Wildman–Crippen MR) is 318 cm³/mol. The average Bonchev–Trinajstić information content (AvgIpc) is 4.37. The van der Waals surface area contributed by atoms with Crippen LogP contribution in [0.4, 0.5) is 0 Å². The molecule has 10 aromatic carbocycles. The van der Waals surface area contributed by atoms with Gasteiger partial charge in [0.05, 0.1) is 73.1 Å². The lowest BCUT2D eigenvalue weighted by atomic mass is 9.91. The van der Waals surface area contributed by atoms with Gasteiger partial charge >= 0.3 is 0 Å².